The number of hydrogen-bond donors (Lipinski definition) is 2. The number of rotatable bonds is 6. The molecule has 8 nitrogen and oxygen atoms in total. The minimum absolute atomic E-state index is 0.113. The van der Waals surface area contributed by atoms with Crippen molar-refractivity contribution in [1.82, 2.24) is 25.4 Å². The fraction of sp³-hybridized carbons (Fsp3) is 0.316. The van der Waals surface area contributed by atoms with Gasteiger partial charge in [0.05, 0.1) is 22.0 Å². The second-order valence-electron chi connectivity index (χ2n) is 6.64. The number of thiazole rings is 1. The standard InChI is InChI=1S/C19H19N5O3S2/c1-11-17(29-19(21-11)14-3-2-10-28-14)12-5-7-16(26)24(23-12)9-8-20-18(27)13-4-6-15(25)22-13/h2-3,5,7,10,13H,4,6,8-9H2,1H3,(H,20,27)(H,22,25). The van der Waals surface area contributed by atoms with Crippen molar-refractivity contribution in [1.29, 1.82) is 0 Å². The smallest absolute Gasteiger partial charge is 0.266 e. The predicted octanol–water partition coefficient (Wildman–Crippen LogP) is 1.80. The number of carbonyl (C=O) groups excluding carboxylic acids is 2. The summed E-state index contributed by atoms with van der Waals surface area (Å²) in [5, 5.41) is 12.8. The number of thiophene rings is 1. The van der Waals surface area contributed by atoms with Crippen LogP contribution < -0.4 is 16.2 Å². The summed E-state index contributed by atoms with van der Waals surface area (Å²) in [6, 6.07) is 6.70. The lowest BCUT2D eigenvalue weighted by Crippen LogP contribution is -2.43. The Hall–Kier alpha value is -2.85. The summed E-state index contributed by atoms with van der Waals surface area (Å²) in [6.07, 6.45) is 0.860. The number of nitrogens with one attached hydrogen (secondary N) is 2. The third-order valence-electron chi connectivity index (χ3n) is 4.56. The molecule has 1 atom stereocenters. The normalized spacial score (nSPS) is 16.0. The highest BCUT2D eigenvalue weighted by molar-refractivity contribution is 7.23. The Morgan fingerprint density at radius 2 is 2.21 bits per heavy atom. The summed E-state index contributed by atoms with van der Waals surface area (Å²) in [4.78, 5) is 42.1. The van der Waals surface area contributed by atoms with Crippen LogP contribution in [0.15, 0.2) is 34.4 Å². The first-order valence-corrected chi connectivity index (χ1v) is 10.9. The molecule has 0 aliphatic carbocycles. The van der Waals surface area contributed by atoms with Crippen LogP contribution in [0.1, 0.15) is 18.5 Å². The van der Waals surface area contributed by atoms with Gasteiger partial charge in [0.15, 0.2) is 0 Å². The molecule has 1 aliphatic rings. The predicted molar refractivity (Wildman–Crippen MR) is 112 cm³/mol. The Bertz CT molecular complexity index is 1100. The average molecular weight is 430 g/mol. The highest BCUT2D eigenvalue weighted by Gasteiger charge is 2.26. The fourth-order valence-electron chi connectivity index (χ4n) is 3.09. The van der Waals surface area contributed by atoms with Crippen molar-refractivity contribution in [3.8, 4) is 20.5 Å². The van der Waals surface area contributed by atoms with Gasteiger partial charge in [0.25, 0.3) is 5.56 Å². The minimum atomic E-state index is -0.492. The first-order chi connectivity index (χ1) is 14.0. The van der Waals surface area contributed by atoms with Gasteiger partial charge in [0.1, 0.15) is 16.7 Å². The van der Waals surface area contributed by atoms with Gasteiger partial charge in [0, 0.05) is 19.0 Å². The van der Waals surface area contributed by atoms with Crippen molar-refractivity contribution in [3.05, 3.63) is 45.7 Å². The highest BCUT2D eigenvalue weighted by atomic mass is 32.1. The molecule has 10 heteroatoms. The van der Waals surface area contributed by atoms with Crippen LogP contribution in [0.3, 0.4) is 0 Å². The SMILES string of the molecule is Cc1nc(-c2cccs2)sc1-c1ccc(=O)n(CCNC(=O)C2CCC(=O)N2)n1. The zero-order chi connectivity index (χ0) is 20.4. The summed E-state index contributed by atoms with van der Waals surface area (Å²) in [7, 11) is 0. The molecule has 0 bridgehead atoms. The summed E-state index contributed by atoms with van der Waals surface area (Å²) >= 11 is 3.17. The van der Waals surface area contributed by atoms with Gasteiger partial charge in [-0.05, 0) is 30.9 Å². The molecule has 0 spiro atoms. The van der Waals surface area contributed by atoms with E-state index < -0.39 is 6.04 Å². The maximum absolute atomic E-state index is 12.2. The molecule has 4 rings (SSSR count). The molecule has 150 valence electrons. The van der Waals surface area contributed by atoms with Gasteiger partial charge in [-0.1, -0.05) is 6.07 Å². The Balaban J connectivity index is 1.46. The van der Waals surface area contributed by atoms with Gasteiger partial charge in [-0.2, -0.15) is 5.10 Å². The zero-order valence-electron chi connectivity index (χ0n) is 15.7. The van der Waals surface area contributed by atoms with E-state index in [0.717, 1.165) is 20.5 Å². The third-order valence-corrected chi connectivity index (χ3v) is 6.78. The number of amides is 2. The molecule has 4 heterocycles. The monoisotopic (exact) mass is 429 g/mol. The number of aryl methyl sites for hydroxylation is 1. The molecule has 1 saturated heterocycles. The lowest BCUT2D eigenvalue weighted by atomic mass is 10.2. The van der Waals surface area contributed by atoms with Gasteiger partial charge in [-0.25, -0.2) is 9.67 Å². The van der Waals surface area contributed by atoms with Crippen molar-refractivity contribution >= 4 is 34.5 Å². The Morgan fingerprint density at radius 1 is 1.34 bits per heavy atom. The van der Waals surface area contributed by atoms with Crippen molar-refractivity contribution in [2.24, 2.45) is 0 Å². The van der Waals surface area contributed by atoms with Crippen LogP contribution in [-0.4, -0.2) is 39.2 Å². The average Bonchev–Trinajstić information content (AvgIpc) is 3.44. The van der Waals surface area contributed by atoms with E-state index >= 15 is 0 Å². The summed E-state index contributed by atoms with van der Waals surface area (Å²) in [5.74, 6) is -0.350. The van der Waals surface area contributed by atoms with E-state index in [0.29, 0.717) is 18.5 Å². The van der Waals surface area contributed by atoms with Crippen LogP contribution in [0.25, 0.3) is 20.5 Å². The summed E-state index contributed by atoms with van der Waals surface area (Å²) in [5.41, 5.74) is 1.30. The van der Waals surface area contributed by atoms with Crippen LogP contribution in [0.4, 0.5) is 0 Å². The lowest BCUT2D eigenvalue weighted by Gasteiger charge is -2.11. The first kappa shape index (κ1) is 19.5. The highest BCUT2D eigenvalue weighted by Crippen LogP contribution is 2.35. The molecule has 0 radical (unpaired) electrons. The Morgan fingerprint density at radius 3 is 2.93 bits per heavy atom. The van der Waals surface area contributed by atoms with Crippen LogP contribution in [0.2, 0.25) is 0 Å². The summed E-state index contributed by atoms with van der Waals surface area (Å²) < 4.78 is 1.34. The first-order valence-electron chi connectivity index (χ1n) is 9.18. The lowest BCUT2D eigenvalue weighted by molar-refractivity contribution is -0.125. The van der Waals surface area contributed by atoms with E-state index in [4.69, 9.17) is 0 Å². The van der Waals surface area contributed by atoms with E-state index in [-0.39, 0.29) is 30.5 Å². The van der Waals surface area contributed by atoms with Gasteiger partial charge in [-0.3, -0.25) is 14.4 Å². The van der Waals surface area contributed by atoms with Crippen LogP contribution in [-0.2, 0) is 16.1 Å². The van der Waals surface area contributed by atoms with E-state index in [2.05, 4.69) is 20.7 Å². The number of carbonyl (C=O) groups is 2. The molecular weight excluding hydrogens is 410 g/mol. The van der Waals surface area contributed by atoms with Crippen LogP contribution in [0, 0.1) is 6.92 Å². The largest absolute Gasteiger partial charge is 0.352 e. The van der Waals surface area contributed by atoms with Crippen molar-refractivity contribution in [3.63, 3.8) is 0 Å². The zero-order valence-corrected chi connectivity index (χ0v) is 17.3. The van der Waals surface area contributed by atoms with Crippen LogP contribution >= 0.6 is 22.7 Å². The second kappa shape index (κ2) is 8.26. The topological polar surface area (TPSA) is 106 Å². The van der Waals surface area contributed by atoms with E-state index in [1.807, 2.05) is 24.4 Å². The molecule has 0 aromatic carbocycles. The van der Waals surface area contributed by atoms with Gasteiger partial charge in [-0.15, -0.1) is 22.7 Å². The second-order valence-corrected chi connectivity index (χ2v) is 8.59. The van der Waals surface area contributed by atoms with E-state index in [9.17, 15) is 14.4 Å². The third kappa shape index (κ3) is 4.28. The molecule has 0 saturated carbocycles. The molecule has 29 heavy (non-hydrogen) atoms. The maximum atomic E-state index is 12.2. The molecule has 1 fully saturated rings. The van der Waals surface area contributed by atoms with Crippen LogP contribution in [0.5, 0.6) is 0 Å². The van der Waals surface area contributed by atoms with Gasteiger partial charge >= 0.3 is 0 Å². The van der Waals surface area contributed by atoms with Crippen molar-refractivity contribution < 1.29 is 9.59 Å². The quantitative estimate of drug-likeness (QED) is 0.622. The Kier molecular flexibility index (Phi) is 5.54. The molecular formula is C19H19N5O3S2. The molecule has 3 aromatic heterocycles. The number of nitrogens with zero attached hydrogens (tertiary/aromatic N) is 3. The molecule has 3 aromatic rings. The van der Waals surface area contributed by atoms with Gasteiger partial charge in [0.2, 0.25) is 11.8 Å². The molecule has 1 unspecified atom stereocenters. The molecule has 2 N–H and O–H groups in total. The van der Waals surface area contributed by atoms with E-state index in [1.165, 1.54) is 10.7 Å². The van der Waals surface area contributed by atoms with E-state index in [1.54, 1.807) is 28.7 Å². The Labute approximate surface area is 174 Å². The molecule has 1 aliphatic heterocycles. The molecule has 2 amide bonds. The summed E-state index contributed by atoms with van der Waals surface area (Å²) in [6.45, 7) is 2.43. The number of aromatic nitrogens is 3. The van der Waals surface area contributed by atoms with Gasteiger partial charge < -0.3 is 10.6 Å². The minimum Gasteiger partial charge on any atom is -0.352 e. The van der Waals surface area contributed by atoms with Crippen molar-refractivity contribution in [2.45, 2.75) is 32.4 Å². The fourth-order valence-corrected chi connectivity index (χ4v) is 4.92. The number of hydrogen-bond acceptors (Lipinski definition) is 7. The van der Waals surface area contributed by atoms with Crippen molar-refractivity contribution in [2.75, 3.05) is 6.54 Å². The maximum Gasteiger partial charge on any atom is 0.266 e.